The van der Waals surface area contributed by atoms with Crippen LogP contribution in [0, 0.1) is 20.8 Å². The van der Waals surface area contributed by atoms with Crippen molar-refractivity contribution in [3.8, 4) is 16.9 Å². The van der Waals surface area contributed by atoms with E-state index in [0.29, 0.717) is 0 Å². The van der Waals surface area contributed by atoms with E-state index in [-0.39, 0.29) is 6.04 Å². The third-order valence-corrected chi connectivity index (χ3v) is 6.89. The van der Waals surface area contributed by atoms with Crippen LogP contribution in [0.1, 0.15) is 53.3 Å². The summed E-state index contributed by atoms with van der Waals surface area (Å²) in [5.74, 6) is 1.70. The molecule has 1 atom stereocenters. The fourth-order valence-corrected chi connectivity index (χ4v) is 4.79. The van der Waals surface area contributed by atoms with E-state index >= 15 is 0 Å². The van der Waals surface area contributed by atoms with Crippen LogP contribution >= 0.6 is 0 Å². The fourth-order valence-electron chi connectivity index (χ4n) is 4.79. The summed E-state index contributed by atoms with van der Waals surface area (Å²) in [7, 11) is 5.74. The molecular weight excluding hydrogens is 410 g/mol. The average Bonchev–Trinajstić information content (AvgIpc) is 2.82. The van der Waals surface area contributed by atoms with Crippen LogP contribution in [-0.4, -0.2) is 47.6 Å². The Morgan fingerprint density at radius 3 is 2.58 bits per heavy atom. The highest BCUT2D eigenvalue weighted by Gasteiger charge is 2.29. The lowest BCUT2D eigenvalue weighted by atomic mass is 9.92. The molecule has 1 saturated heterocycles. The van der Waals surface area contributed by atoms with E-state index in [1.165, 1.54) is 29.5 Å². The molecule has 1 fully saturated rings. The summed E-state index contributed by atoms with van der Waals surface area (Å²) < 4.78 is 5.53. The van der Waals surface area contributed by atoms with Crippen LogP contribution in [0.2, 0.25) is 0 Å². The van der Waals surface area contributed by atoms with Crippen LogP contribution in [0.25, 0.3) is 11.1 Å². The summed E-state index contributed by atoms with van der Waals surface area (Å²) >= 11 is 0. The van der Waals surface area contributed by atoms with Crippen molar-refractivity contribution in [2.45, 2.75) is 52.6 Å². The highest BCUT2D eigenvalue weighted by atomic mass is 16.5. The van der Waals surface area contributed by atoms with Crippen molar-refractivity contribution in [2.75, 3.05) is 32.6 Å². The molecule has 6 nitrogen and oxygen atoms in total. The standard InChI is InChI=1S/C27H35N5O/c1-18-15-28-13-12-22(18)23-16-29-27(31(4)5)30-26(23)24-9-7-8-14-32(24)17-21-10-11-25(33-6)20(3)19(21)2/h10-13,15-16,24H,7-9,14,17H2,1-6H3/t24-/m1/s1. The number of methoxy groups -OCH3 is 1. The molecule has 0 aliphatic carbocycles. The number of likely N-dealkylation sites (tertiary alicyclic amines) is 1. The zero-order valence-electron chi connectivity index (χ0n) is 20.7. The smallest absolute Gasteiger partial charge is 0.225 e. The van der Waals surface area contributed by atoms with Crippen molar-refractivity contribution in [3.63, 3.8) is 0 Å². The maximum absolute atomic E-state index is 5.53. The van der Waals surface area contributed by atoms with Gasteiger partial charge in [0.15, 0.2) is 0 Å². The SMILES string of the molecule is COc1ccc(CN2CCCC[C@@H]2c2nc(N(C)C)ncc2-c2ccncc2C)c(C)c1C. The number of benzene rings is 1. The normalized spacial score (nSPS) is 16.6. The van der Waals surface area contributed by atoms with Crippen LogP contribution in [0.5, 0.6) is 5.75 Å². The molecule has 0 radical (unpaired) electrons. The molecule has 0 N–H and O–H groups in total. The number of hydrogen-bond donors (Lipinski definition) is 0. The monoisotopic (exact) mass is 445 g/mol. The molecule has 1 aromatic carbocycles. The van der Waals surface area contributed by atoms with Crippen LogP contribution in [0.4, 0.5) is 5.95 Å². The van der Waals surface area contributed by atoms with Gasteiger partial charge in [-0.15, -0.1) is 0 Å². The minimum absolute atomic E-state index is 0.241. The van der Waals surface area contributed by atoms with Crippen LogP contribution in [0.3, 0.4) is 0 Å². The third kappa shape index (κ3) is 4.71. The first kappa shape index (κ1) is 23.2. The number of piperidine rings is 1. The summed E-state index contributed by atoms with van der Waals surface area (Å²) in [5.41, 5.74) is 8.40. The van der Waals surface area contributed by atoms with Crippen LogP contribution in [-0.2, 0) is 6.54 Å². The second-order valence-electron chi connectivity index (χ2n) is 9.21. The van der Waals surface area contributed by atoms with E-state index in [4.69, 9.17) is 9.72 Å². The zero-order chi connectivity index (χ0) is 23.5. The Hall–Kier alpha value is -2.99. The number of nitrogens with zero attached hydrogens (tertiary/aromatic N) is 5. The molecule has 2 aromatic heterocycles. The summed E-state index contributed by atoms with van der Waals surface area (Å²) in [6, 6.07) is 6.63. The van der Waals surface area contributed by atoms with Gasteiger partial charge in [0.2, 0.25) is 5.95 Å². The lowest BCUT2D eigenvalue weighted by Crippen LogP contribution is -2.34. The number of hydrogen-bond acceptors (Lipinski definition) is 6. The summed E-state index contributed by atoms with van der Waals surface area (Å²) in [6.45, 7) is 8.41. The molecule has 1 aliphatic rings. The maximum atomic E-state index is 5.53. The Morgan fingerprint density at radius 1 is 1.03 bits per heavy atom. The van der Waals surface area contributed by atoms with E-state index < -0.39 is 0 Å². The first-order chi connectivity index (χ1) is 15.9. The molecule has 174 valence electrons. The maximum Gasteiger partial charge on any atom is 0.225 e. The predicted octanol–water partition coefficient (Wildman–Crippen LogP) is 5.27. The largest absolute Gasteiger partial charge is 0.496 e. The number of ether oxygens (including phenoxy) is 1. The summed E-state index contributed by atoms with van der Waals surface area (Å²) in [5, 5.41) is 0. The molecule has 1 aliphatic heterocycles. The van der Waals surface area contributed by atoms with Gasteiger partial charge in [-0.25, -0.2) is 9.97 Å². The van der Waals surface area contributed by atoms with E-state index in [9.17, 15) is 0 Å². The van der Waals surface area contributed by atoms with Crippen molar-refractivity contribution in [3.05, 3.63) is 64.7 Å². The Bertz CT molecular complexity index is 1130. The highest BCUT2D eigenvalue weighted by molar-refractivity contribution is 5.69. The topological polar surface area (TPSA) is 54.4 Å². The van der Waals surface area contributed by atoms with Crippen molar-refractivity contribution >= 4 is 5.95 Å². The Morgan fingerprint density at radius 2 is 1.85 bits per heavy atom. The minimum Gasteiger partial charge on any atom is -0.496 e. The number of aryl methyl sites for hydroxylation is 1. The van der Waals surface area contributed by atoms with Crippen molar-refractivity contribution in [1.82, 2.24) is 19.9 Å². The molecular formula is C27H35N5O. The van der Waals surface area contributed by atoms with Crippen LogP contribution < -0.4 is 9.64 Å². The van der Waals surface area contributed by atoms with Crippen molar-refractivity contribution in [2.24, 2.45) is 0 Å². The number of rotatable bonds is 6. The van der Waals surface area contributed by atoms with Gasteiger partial charge in [0.05, 0.1) is 18.8 Å². The first-order valence-corrected chi connectivity index (χ1v) is 11.7. The van der Waals surface area contributed by atoms with Gasteiger partial charge in [-0.2, -0.15) is 0 Å². The van der Waals surface area contributed by atoms with Gasteiger partial charge in [-0.1, -0.05) is 12.5 Å². The third-order valence-electron chi connectivity index (χ3n) is 6.89. The second kappa shape index (κ2) is 9.87. The Kier molecular flexibility index (Phi) is 6.94. The lowest BCUT2D eigenvalue weighted by molar-refractivity contribution is 0.137. The fraction of sp³-hybridized carbons (Fsp3) is 0.444. The number of pyridine rings is 1. The van der Waals surface area contributed by atoms with Gasteiger partial charge in [0, 0.05) is 44.8 Å². The van der Waals surface area contributed by atoms with Gasteiger partial charge < -0.3 is 9.64 Å². The van der Waals surface area contributed by atoms with E-state index in [1.807, 2.05) is 37.6 Å². The lowest BCUT2D eigenvalue weighted by Gasteiger charge is -2.37. The zero-order valence-corrected chi connectivity index (χ0v) is 20.7. The molecule has 3 aromatic rings. The van der Waals surface area contributed by atoms with Gasteiger partial charge >= 0.3 is 0 Å². The molecule has 0 unspecified atom stereocenters. The molecule has 3 heterocycles. The average molecular weight is 446 g/mol. The first-order valence-electron chi connectivity index (χ1n) is 11.7. The van der Waals surface area contributed by atoms with E-state index in [2.05, 4.69) is 53.8 Å². The number of anilines is 1. The molecule has 0 bridgehead atoms. The van der Waals surface area contributed by atoms with Crippen molar-refractivity contribution < 1.29 is 4.74 Å². The molecule has 0 saturated carbocycles. The molecule has 0 amide bonds. The predicted molar refractivity (Wildman–Crippen MR) is 134 cm³/mol. The molecule has 6 heteroatoms. The molecule has 4 rings (SSSR count). The summed E-state index contributed by atoms with van der Waals surface area (Å²) in [6.07, 6.45) is 9.28. The highest BCUT2D eigenvalue weighted by Crippen LogP contribution is 2.38. The van der Waals surface area contributed by atoms with Crippen LogP contribution in [0.15, 0.2) is 36.8 Å². The van der Waals surface area contributed by atoms with Gasteiger partial charge in [0.25, 0.3) is 0 Å². The van der Waals surface area contributed by atoms with Gasteiger partial charge in [0.1, 0.15) is 5.75 Å². The van der Waals surface area contributed by atoms with E-state index in [0.717, 1.165) is 53.6 Å². The number of aromatic nitrogens is 3. The molecule has 33 heavy (non-hydrogen) atoms. The Balaban J connectivity index is 1.77. The molecule has 0 spiro atoms. The van der Waals surface area contributed by atoms with E-state index in [1.54, 1.807) is 7.11 Å². The van der Waals surface area contributed by atoms with Gasteiger partial charge in [-0.05, 0) is 80.1 Å². The Labute approximate surface area is 197 Å². The van der Waals surface area contributed by atoms with Crippen molar-refractivity contribution in [1.29, 1.82) is 0 Å². The van der Waals surface area contributed by atoms with Gasteiger partial charge in [-0.3, -0.25) is 9.88 Å². The quantitative estimate of drug-likeness (QED) is 0.515. The second-order valence-corrected chi connectivity index (χ2v) is 9.21. The summed E-state index contributed by atoms with van der Waals surface area (Å²) in [4.78, 5) is 18.6. The minimum atomic E-state index is 0.241.